The third kappa shape index (κ3) is 4.51. The summed E-state index contributed by atoms with van der Waals surface area (Å²) in [6.07, 6.45) is 4.76. The molecule has 184 valence electrons. The number of halogens is 2. The molecule has 6 rings (SSSR count). The first kappa shape index (κ1) is 23.1. The van der Waals surface area contributed by atoms with Crippen molar-refractivity contribution >= 4 is 45.6 Å². The van der Waals surface area contributed by atoms with Crippen molar-refractivity contribution in [3.8, 4) is 17.1 Å². The van der Waals surface area contributed by atoms with E-state index in [-0.39, 0.29) is 0 Å². The van der Waals surface area contributed by atoms with Crippen LogP contribution in [0.4, 0.5) is 11.5 Å². The summed E-state index contributed by atoms with van der Waals surface area (Å²) in [4.78, 5) is 14.5. The number of ether oxygens (including phenoxy) is 1. The van der Waals surface area contributed by atoms with Gasteiger partial charge in [0.2, 0.25) is 0 Å². The summed E-state index contributed by atoms with van der Waals surface area (Å²) in [5, 5.41) is 5.72. The maximum Gasteiger partial charge on any atom is 0.319 e. The second-order valence-corrected chi connectivity index (χ2v) is 10.9. The summed E-state index contributed by atoms with van der Waals surface area (Å²) in [5.74, 6) is 0.941. The molecule has 0 aliphatic carbocycles. The highest BCUT2D eigenvalue weighted by atomic mass is 35.5. The van der Waals surface area contributed by atoms with E-state index in [0.717, 1.165) is 53.9 Å². The van der Waals surface area contributed by atoms with Crippen LogP contribution in [0.15, 0.2) is 30.3 Å². The van der Waals surface area contributed by atoms with Crippen molar-refractivity contribution in [3.05, 3.63) is 40.4 Å². The molecule has 7 nitrogen and oxygen atoms in total. The maximum atomic E-state index is 6.53. The number of fused-ring (bicyclic) bond motifs is 3. The minimum atomic E-state index is 0.398. The molecule has 2 bridgehead atoms. The number of hydrogen-bond acceptors (Lipinski definition) is 7. The summed E-state index contributed by atoms with van der Waals surface area (Å²) in [6.45, 7) is 3.58. The molecule has 4 heterocycles. The Hall–Kier alpha value is -2.32. The smallest absolute Gasteiger partial charge is 0.319 e. The Morgan fingerprint density at radius 2 is 1.86 bits per heavy atom. The number of nitrogens with zero attached hydrogens (tertiary/aromatic N) is 4. The van der Waals surface area contributed by atoms with Gasteiger partial charge in [0.15, 0.2) is 0 Å². The first-order chi connectivity index (χ1) is 16.9. The molecule has 0 radical (unpaired) electrons. The van der Waals surface area contributed by atoms with Crippen molar-refractivity contribution in [2.24, 2.45) is 0 Å². The minimum absolute atomic E-state index is 0.398. The van der Waals surface area contributed by atoms with Crippen LogP contribution >= 0.6 is 23.2 Å². The van der Waals surface area contributed by atoms with Gasteiger partial charge in [0.25, 0.3) is 0 Å². The summed E-state index contributed by atoms with van der Waals surface area (Å²) < 4.78 is 6.20. The Labute approximate surface area is 215 Å². The average Bonchev–Trinajstić information content (AvgIpc) is 3.42. The van der Waals surface area contributed by atoms with Crippen LogP contribution in [0.25, 0.3) is 22.0 Å². The predicted molar refractivity (Wildman–Crippen MR) is 143 cm³/mol. The van der Waals surface area contributed by atoms with E-state index in [2.05, 4.69) is 34.3 Å². The van der Waals surface area contributed by atoms with Gasteiger partial charge in [-0.25, -0.2) is 0 Å². The van der Waals surface area contributed by atoms with Crippen LogP contribution in [-0.4, -0.2) is 66.3 Å². The van der Waals surface area contributed by atoms with Crippen molar-refractivity contribution in [3.63, 3.8) is 0 Å². The number of benzene rings is 2. The lowest BCUT2D eigenvalue weighted by Gasteiger charge is -2.34. The predicted octanol–water partition coefficient (Wildman–Crippen LogP) is 4.60. The number of hydrogen-bond donors (Lipinski definition) is 2. The van der Waals surface area contributed by atoms with Crippen LogP contribution in [0.3, 0.4) is 0 Å². The lowest BCUT2D eigenvalue weighted by molar-refractivity contribution is 0.188. The van der Waals surface area contributed by atoms with E-state index in [1.54, 1.807) is 6.07 Å². The summed E-state index contributed by atoms with van der Waals surface area (Å²) in [5.41, 5.74) is 9.16. The molecule has 3 aliphatic heterocycles. The van der Waals surface area contributed by atoms with Crippen molar-refractivity contribution in [1.29, 1.82) is 0 Å². The second kappa shape index (κ2) is 9.28. The van der Waals surface area contributed by atoms with E-state index in [4.69, 9.17) is 43.6 Å². The Balaban J connectivity index is 1.40. The van der Waals surface area contributed by atoms with Gasteiger partial charge < -0.3 is 25.6 Å². The molecule has 3 N–H and O–H groups in total. The molecular weight excluding hydrogens is 483 g/mol. The van der Waals surface area contributed by atoms with Gasteiger partial charge in [-0.15, -0.1) is 0 Å². The third-order valence-electron chi connectivity index (χ3n) is 7.65. The van der Waals surface area contributed by atoms with Crippen molar-refractivity contribution in [1.82, 2.24) is 20.2 Å². The SMILES string of the molecule is CN1CCC[C@H]1COc1nc(N2C[C@H]3CC[C@@H](C2)N3)c2ccc(-c3cc(N)c(Cl)cc3Cl)cc2n1. The molecule has 3 fully saturated rings. The van der Waals surface area contributed by atoms with E-state index in [0.29, 0.717) is 46.5 Å². The van der Waals surface area contributed by atoms with Gasteiger partial charge in [0.05, 0.1) is 21.2 Å². The minimum Gasteiger partial charge on any atom is -0.462 e. The van der Waals surface area contributed by atoms with Gasteiger partial charge in [0, 0.05) is 42.2 Å². The van der Waals surface area contributed by atoms with E-state index in [1.165, 1.54) is 19.3 Å². The largest absolute Gasteiger partial charge is 0.462 e. The molecule has 0 amide bonds. The maximum absolute atomic E-state index is 6.53. The molecule has 3 aliphatic rings. The Kier molecular flexibility index (Phi) is 6.13. The molecule has 3 saturated heterocycles. The zero-order chi connectivity index (χ0) is 24.1. The normalized spacial score (nSPS) is 24.4. The first-order valence-electron chi connectivity index (χ1n) is 12.4. The van der Waals surface area contributed by atoms with Crippen LogP contribution in [0.2, 0.25) is 10.0 Å². The molecule has 0 spiro atoms. The van der Waals surface area contributed by atoms with E-state index >= 15 is 0 Å². The van der Waals surface area contributed by atoms with Crippen LogP contribution in [0, 0.1) is 0 Å². The first-order valence-corrected chi connectivity index (χ1v) is 13.1. The quantitative estimate of drug-likeness (QED) is 0.483. The van der Waals surface area contributed by atoms with Gasteiger partial charge in [-0.2, -0.15) is 9.97 Å². The van der Waals surface area contributed by atoms with Crippen LogP contribution in [-0.2, 0) is 0 Å². The summed E-state index contributed by atoms with van der Waals surface area (Å²) >= 11 is 12.7. The van der Waals surface area contributed by atoms with Gasteiger partial charge in [-0.3, -0.25) is 0 Å². The highest BCUT2D eigenvalue weighted by Crippen LogP contribution is 2.37. The molecule has 9 heteroatoms. The number of nitrogen functional groups attached to an aromatic ring is 1. The van der Waals surface area contributed by atoms with Crippen molar-refractivity contribution < 1.29 is 4.74 Å². The van der Waals surface area contributed by atoms with Gasteiger partial charge >= 0.3 is 6.01 Å². The number of piperazine rings is 1. The number of likely N-dealkylation sites (N-methyl/N-ethyl adjacent to an activating group) is 1. The molecule has 0 saturated carbocycles. The molecular formula is C26H30Cl2N6O. The highest BCUT2D eigenvalue weighted by Gasteiger charge is 2.34. The van der Waals surface area contributed by atoms with E-state index in [9.17, 15) is 0 Å². The zero-order valence-corrected chi connectivity index (χ0v) is 21.3. The lowest BCUT2D eigenvalue weighted by atomic mass is 10.0. The summed E-state index contributed by atoms with van der Waals surface area (Å²) in [7, 11) is 2.15. The molecule has 3 atom stereocenters. The lowest BCUT2D eigenvalue weighted by Crippen LogP contribution is -2.51. The number of anilines is 2. The number of aromatic nitrogens is 2. The standard InChI is InChI=1S/C26H30Cl2N6O/c1-33-8-2-3-18(33)14-35-26-31-24-9-15(20-10-23(29)22(28)11-21(20)27)4-7-19(24)25(32-26)34-12-16-5-6-17(13-34)30-16/h4,7,9-11,16-18,30H,2-3,5-6,8,12-14,29H2,1H3/t16-,17+,18-/m0/s1. The number of likely N-dealkylation sites (tertiary alicyclic amines) is 1. The zero-order valence-electron chi connectivity index (χ0n) is 19.8. The van der Waals surface area contributed by atoms with Gasteiger partial charge in [-0.05, 0) is 69.1 Å². The fraction of sp³-hybridized carbons (Fsp3) is 0.462. The van der Waals surface area contributed by atoms with Gasteiger partial charge in [0.1, 0.15) is 12.4 Å². The Bertz CT molecular complexity index is 1260. The molecule has 35 heavy (non-hydrogen) atoms. The summed E-state index contributed by atoms with van der Waals surface area (Å²) in [6, 6.07) is 11.5. The second-order valence-electron chi connectivity index (χ2n) is 10.0. The Morgan fingerprint density at radius 1 is 1.06 bits per heavy atom. The number of nitrogens with two attached hydrogens (primary N) is 1. The highest BCUT2D eigenvalue weighted by molar-refractivity contribution is 6.38. The molecule has 3 aromatic rings. The third-order valence-corrected chi connectivity index (χ3v) is 8.29. The monoisotopic (exact) mass is 512 g/mol. The fourth-order valence-corrected chi connectivity index (χ4v) is 6.17. The van der Waals surface area contributed by atoms with E-state index in [1.807, 2.05) is 12.1 Å². The van der Waals surface area contributed by atoms with E-state index < -0.39 is 0 Å². The average molecular weight is 513 g/mol. The van der Waals surface area contributed by atoms with Crippen molar-refractivity contribution in [2.75, 3.05) is 43.9 Å². The number of nitrogens with one attached hydrogen (secondary N) is 1. The molecule has 1 aromatic heterocycles. The van der Waals surface area contributed by atoms with Crippen LogP contribution in [0.1, 0.15) is 25.7 Å². The molecule has 2 aromatic carbocycles. The molecule has 0 unspecified atom stereocenters. The number of rotatable bonds is 5. The Morgan fingerprint density at radius 3 is 2.60 bits per heavy atom. The van der Waals surface area contributed by atoms with Crippen LogP contribution < -0.4 is 20.7 Å². The fourth-order valence-electron chi connectivity index (χ4n) is 5.68. The topological polar surface area (TPSA) is 79.5 Å². The van der Waals surface area contributed by atoms with Crippen LogP contribution in [0.5, 0.6) is 6.01 Å². The van der Waals surface area contributed by atoms with Gasteiger partial charge in [-0.1, -0.05) is 29.3 Å². The van der Waals surface area contributed by atoms with Crippen molar-refractivity contribution in [2.45, 2.75) is 43.8 Å².